The largest absolute Gasteiger partial charge is 0.368 e. The van der Waals surface area contributed by atoms with Crippen LogP contribution in [0.2, 0.25) is 0 Å². The molecule has 0 amide bonds. The number of carbonyl (C=O) groups excluding carboxylic acids is 1. The van der Waals surface area contributed by atoms with Gasteiger partial charge in [0, 0.05) is 11.8 Å². The Hall–Kier alpha value is -2.59. The van der Waals surface area contributed by atoms with Crippen LogP contribution in [0.3, 0.4) is 0 Å². The monoisotopic (exact) mass is 386 g/mol. The lowest BCUT2D eigenvalue weighted by atomic mass is 10.1. The Kier molecular flexibility index (Phi) is 5.28. The van der Waals surface area contributed by atoms with Crippen molar-refractivity contribution in [2.45, 2.75) is 24.7 Å². The van der Waals surface area contributed by atoms with Gasteiger partial charge < -0.3 is 10.6 Å². The number of benzene rings is 1. The molecule has 1 aliphatic heterocycles. The quantitative estimate of drug-likeness (QED) is 0.571. The summed E-state index contributed by atoms with van der Waals surface area (Å²) in [5, 5.41) is 4.31. The predicted octanol–water partition coefficient (Wildman–Crippen LogP) is 4.66. The highest BCUT2D eigenvalue weighted by Crippen LogP contribution is 2.37. The van der Waals surface area contributed by atoms with Crippen LogP contribution in [0.4, 0.5) is 46.5 Å². The smallest absolute Gasteiger partial charge is 0.354 e. The first kappa shape index (κ1) is 19.7. The van der Waals surface area contributed by atoms with Crippen molar-refractivity contribution >= 4 is 17.2 Å². The lowest BCUT2D eigenvalue weighted by Crippen LogP contribution is -2.35. The van der Waals surface area contributed by atoms with E-state index in [1.165, 1.54) is 24.3 Å². The summed E-state index contributed by atoms with van der Waals surface area (Å²) < 4.78 is 103. The molecule has 0 atom stereocenters. The van der Waals surface area contributed by atoms with Crippen LogP contribution in [0.25, 0.3) is 0 Å². The molecule has 0 radical (unpaired) electrons. The van der Waals surface area contributed by atoms with Gasteiger partial charge in [0.05, 0.1) is 17.1 Å². The summed E-state index contributed by atoms with van der Waals surface area (Å²) in [7, 11) is 0. The van der Waals surface area contributed by atoms with Crippen LogP contribution in [0.15, 0.2) is 47.8 Å². The lowest BCUT2D eigenvalue weighted by molar-refractivity contribution is -0.161. The zero-order valence-electron chi connectivity index (χ0n) is 12.6. The van der Waals surface area contributed by atoms with Gasteiger partial charge in [-0.2, -0.15) is 17.6 Å². The van der Waals surface area contributed by atoms with Gasteiger partial charge in [-0.1, -0.05) is 12.1 Å². The van der Waals surface area contributed by atoms with E-state index in [1.807, 2.05) is 5.32 Å². The van der Waals surface area contributed by atoms with Crippen molar-refractivity contribution in [3.63, 3.8) is 0 Å². The molecule has 2 rings (SSSR count). The number of anilines is 2. The van der Waals surface area contributed by atoms with Crippen molar-refractivity contribution in [1.82, 2.24) is 0 Å². The van der Waals surface area contributed by atoms with E-state index in [-0.39, 0.29) is 23.5 Å². The molecule has 1 aromatic carbocycles. The summed E-state index contributed by atoms with van der Waals surface area (Å²) in [5.41, 5.74) is -2.33. The average Bonchev–Trinajstić information content (AvgIpc) is 2.73. The maximum Gasteiger partial charge on any atom is 0.368 e. The number of para-hydroxylation sites is 2. The van der Waals surface area contributed by atoms with Crippen LogP contribution in [0, 0.1) is 0 Å². The van der Waals surface area contributed by atoms with Crippen molar-refractivity contribution in [3.8, 4) is 0 Å². The zero-order chi connectivity index (χ0) is 19.7. The van der Waals surface area contributed by atoms with Crippen molar-refractivity contribution in [1.29, 1.82) is 0 Å². The highest BCUT2D eigenvalue weighted by atomic mass is 19.3. The normalized spacial score (nSPS) is 16.7. The molecule has 2 N–H and O–H groups in total. The van der Waals surface area contributed by atoms with E-state index in [2.05, 4.69) is 5.32 Å². The number of hydrogen-bond acceptors (Lipinski definition) is 3. The second kappa shape index (κ2) is 6.96. The number of halogens is 8. The standard InChI is InChI=1S/C15H10F8N2O/c16-12(17)14(20,21)10-5-7(6-11(26)15(22,23)13(18)19)24-8-3-1-2-4-9(8)25-10/h1-6,12-13,24-25H/b7-6-. The number of rotatable bonds is 5. The third kappa shape index (κ3) is 3.81. The number of fused-ring (bicyclic) bond motifs is 1. The molecule has 0 aromatic heterocycles. The van der Waals surface area contributed by atoms with Gasteiger partial charge >= 0.3 is 24.7 Å². The van der Waals surface area contributed by atoms with Crippen molar-refractivity contribution < 1.29 is 39.9 Å². The molecule has 0 bridgehead atoms. The molecule has 0 fully saturated rings. The average molecular weight is 386 g/mol. The fourth-order valence-electron chi connectivity index (χ4n) is 1.95. The lowest BCUT2D eigenvalue weighted by Gasteiger charge is -2.20. The molecule has 0 saturated carbocycles. The van der Waals surface area contributed by atoms with Crippen LogP contribution < -0.4 is 10.6 Å². The second-order valence-corrected chi connectivity index (χ2v) is 5.16. The Labute approximate surface area is 141 Å². The van der Waals surface area contributed by atoms with Crippen LogP contribution in [-0.2, 0) is 4.79 Å². The molecule has 0 aliphatic carbocycles. The molecule has 0 spiro atoms. The minimum absolute atomic E-state index is 0.0248. The predicted molar refractivity (Wildman–Crippen MR) is 76.8 cm³/mol. The molecule has 0 unspecified atom stereocenters. The van der Waals surface area contributed by atoms with Gasteiger partial charge in [0.15, 0.2) is 0 Å². The summed E-state index contributed by atoms with van der Waals surface area (Å²) in [5.74, 6) is -12.1. The number of alkyl halides is 8. The number of hydrogen-bond donors (Lipinski definition) is 2. The van der Waals surface area contributed by atoms with Crippen LogP contribution >= 0.6 is 0 Å². The third-order valence-electron chi connectivity index (χ3n) is 3.30. The number of allylic oxidation sites excluding steroid dienone is 3. The van der Waals surface area contributed by atoms with Crippen LogP contribution in [-0.4, -0.2) is 30.5 Å². The fraction of sp³-hybridized carbons (Fsp3) is 0.267. The van der Waals surface area contributed by atoms with Gasteiger partial charge in [-0.05, 0) is 18.2 Å². The first-order valence-corrected chi connectivity index (χ1v) is 6.89. The van der Waals surface area contributed by atoms with Crippen molar-refractivity contribution in [2.24, 2.45) is 0 Å². The summed E-state index contributed by atoms with van der Waals surface area (Å²) >= 11 is 0. The SMILES string of the molecule is O=C(/C=C1/C=C(C(F)(F)C(F)F)Nc2ccccc2N1)C(F)(F)C(F)F. The summed E-state index contributed by atoms with van der Waals surface area (Å²) in [6.07, 6.45) is -8.23. The highest BCUT2D eigenvalue weighted by Gasteiger charge is 2.48. The number of ketones is 1. The molecule has 1 aliphatic rings. The minimum Gasteiger partial charge on any atom is -0.354 e. The van der Waals surface area contributed by atoms with Gasteiger partial charge in [0.2, 0.25) is 5.78 Å². The van der Waals surface area contributed by atoms with Gasteiger partial charge in [-0.3, -0.25) is 4.79 Å². The zero-order valence-corrected chi connectivity index (χ0v) is 12.6. The highest BCUT2D eigenvalue weighted by molar-refractivity contribution is 5.97. The van der Waals surface area contributed by atoms with E-state index in [9.17, 15) is 39.9 Å². The Morgan fingerprint density at radius 1 is 0.923 bits per heavy atom. The van der Waals surface area contributed by atoms with E-state index in [0.29, 0.717) is 0 Å². The van der Waals surface area contributed by atoms with Gasteiger partial charge in [0.25, 0.3) is 0 Å². The van der Waals surface area contributed by atoms with E-state index < -0.39 is 41.9 Å². The Morgan fingerprint density at radius 3 is 1.96 bits per heavy atom. The van der Waals surface area contributed by atoms with E-state index in [4.69, 9.17) is 0 Å². The van der Waals surface area contributed by atoms with Gasteiger partial charge in [-0.25, -0.2) is 17.6 Å². The molecule has 0 saturated heterocycles. The van der Waals surface area contributed by atoms with E-state index in [0.717, 1.165) is 0 Å². The van der Waals surface area contributed by atoms with E-state index in [1.54, 1.807) is 0 Å². The summed E-state index contributed by atoms with van der Waals surface area (Å²) in [6, 6.07) is 5.26. The topological polar surface area (TPSA) is 41.1 Å². The minimum atomic E-state index is -5.06. The van der Waals surface area contributed by atoms with Crippen LogP contribution in [0.5, 0.6) is 0 Å². The molecule has 1 aromatic rings. The second-order valence-electron chi connectivity index (χ2n) is 5.16. The summed E-state index contributed by atoms with van der Waals surface area (Å²) in [4.78, 5) is 11.4. The summed E-state index contributed by atoms with van der Waals surface area (Å²) in [6.45, 7) is 0. The first-order valence-electron chi connectivity index (χ1n) is 6.89. The number of carbonyl (C=O) groups is 1. The van der Waals surface area contributed by atoms with Crippen LogP contribution in [0.1, 0.15) is 0 Å². The maximum absolute atomic E-state index is 13.7. The fourth-order valence-corrected chi connectivity index (χ4v) is 1.95. The Bertz CT molecular complexity index is 758. The molecular formula is C15H10F8N2O. The molecule has 1 heterocycles. The maximum atomic E-state index is 13.7. The van der Waals surface area contributed by atoms with E-state index >= 15 is 0 Å². The molecule has 11 heteroatoms. The molecule has 142 valence electrons. The Morgan fingerprint density at radius 2 is 1.46 bits per heavy atom. The molecule has 3 nitrogen and oxygen atoms in total. The van der Waals surface area contributed by atoms with Crippen molar-refractivity contribution in [3.05, 3.63) is 47.8 Å². The van der Waals surface area contributed by atoms with Crippen molar-refractivity contribution in [2.75, 3.05) is 10.6 Å². The Balaban J connectivity index is 2.53. The number of nitrogens with one attached hydrogen (secondary N) is 2. The first-order chi connectivity index (χ1) is 12.0. The van der Waals surface area contributed by atoms with Gasteiger partial charge in [-0.15, -0.1) is 0 Å². The third-order valence-corrected chi connectivity index (χ3v) is 3.30. The molecule has 26 heavy (non-hydrogen) atoms. The van der Waals surface area contributed by atoms with Gasteiger partial charge in [0.1, 0.15) is 0 Å². The molecular weight excluding hydrogens is 376 g/mol.